The molecule has 4 heterocycles. The lowest BCUT2D eigenvalue weighted by atomic mass is 9.99. The predicted octanol–water partition coefficient (Wildman–Crippen LogP) is 5.25. The fourth-order valence-electron chi connectivity index (χ4n) is 4.62. The Morgan fingerprint density at radius 1 is 1.15 bits per heavy atom. The van der Waals surface area contributed by atoms with Gasteiger partial charge in [0.15, 0.2) is 6.23 Å². The molecule has 0 bridgehead atoms. The van der Waals surface area contributed by atoms with Gasteiger partial charge in [0.05, 0.1) is 41.9 Å². The van der Waals surface area contributed by atoms with Gasteiger partial charge in [0.1, 0.15) is 23.9 Å². The molecule has 2 saturated heterocycles. The van der Waals surface area contributed by atoms with E-state index < -0.39 is 73.9 Å². The normalized spacial score (nSPS) is 29.8. The molecule has 5 rings (SSSR count). The fraction of sp³-hybridized carbons (Fsp3) is 0.478. The Bertz CT molecular complexity index is 1420. The summed E-state index contributed by atoms with van der Waals surface area (Å²) in [5.74, 6) is -0.335. The van der Waals surface area contributed by atoms with E-state index in [9.17, 15) is 36.0 Å². The highest BCUT2D eigenvalue weighted by atomic mass is 31.2. The Morgan fingerprint density at radius 3 is 2.48 bits per heavy atom. The molecule has 218 valence electrons. The van der Waals surface area contributed by atoms with Crippen molar-refractivity contribution in [2.45, 2.75) is 50.2 Å². The number of nitrogens with two attached hydrogens (primary N) is 1. The molecule has 0 spiro atoms. The van der Waals surface area contributed by atoms with E-state index >= 15 is 0 Å². The number of phosphoric acid groups is 1. The number of aliphatic hydroxyl groups excluding tert-OH is 1. The van der Waals surface area contributed by atoms with Gasteiger partial charge in [-0.3, -0.25) is 13.6 Å². The highest BCUT2D eigenvalue weighted by molar-refractivity contribution is 7.48. The Morgan fingerprint density at radius 2 is 1.82 bits per heavy atom. The minimum Gasteiger partial charge on any atom is -0.388 e. The zero-order valence-corrected chi connectivity index (χ0v) is 21.5. The summed E-state index contributed by atoms with van der Waals surface area (Å²) in [5.41, 5.74) is 2.73. The van der Waals surface area contributed by atoms with Crippen molar-refractivity contribution in [1.82, 2.24) is 14.5 Å². The van der Waals surface area contributed by atoms with Gasteiger partial charge >= 0.3 is 20.2 Å². The third kappa shape index (κ3) is 5.56. The number of alkyl halides is 6. The number of benzene rings is 1. The highest BCUT2D eigenvalue weighted by Crippen LogP contribution is 2.58. The highest BCUT2D eigenvalue weighted by Gasteiger charge is 2.45. The Kier molecular flexibility index (Phi) is 7.38. The second-order valence-corrected chi connectivity index (χ2v) is 11.1. The number of rotatable bonds is 5. The van der Waals surface area contributed by atoms with E-state index in [2.05, 4.69) is 9.97 Å². The summed E-state index contributed by atoms with van der Waals surface area (Å²) in [6.45, 7) is 0.907. The van der Waals surface area contributed by atoms with Crippen molar-refractivity contribution in [2.75, 3.05) is 18.9 Å². The van der Waals surface area contributed by atoms with E-state index in [-0.39, 0.29) is 24.9 Å². The first-order chi connectivity index (χ1) is 18.7. The average molecular weight is 596 g/mol. The van der Waals surface area contributed by atoms with E-state index in [1.165, 1.54) is 6.33 Å². The molecule has 0 saturated carbocycles. The number of hydrogen-bond donors (Lipinski definition) is 2. The van der Waals surface area contributed by atoms with Gasteiger partial charge in [-0.1, -0.05) is 6.92 Å². The topological polar surface area (TPSA) is 131 Å². The maximum Gasteiger partial charge on any atom is 0.475 e. The number of nitrogens with zero attached hydrogens (tertiary/aromatic N) is 3. The smallest absolute Gasteiger partial charge is 0.388 e. The summed E-state index contributed by atoms with van der Waals surface area (Å²) in [5, 5.41) is 11.3. The summed E-state index contributed by atoms with van der Waals surface area (Å²) >= 11 is 0. The second kappa shape index (κ2) is 10.3. The molecule has 3 aromatic rings. The van der Waals surface area contributed by atoms with Crippen LogP contribution < -0.4 is 5.73 Å². The average Bonchev–Trinajstić information content (AvgIpc) is 3.43. The SMILES string of the molecule is C[C@H]1[C@@H](O)[C@H](n2ccc3c(N)ncnc32)O[C@@H]1COP1(=O)OCC[C@@H](c2cc(C(F)(F)F)cc(C(F)(F)F)c2)O1. The molecule has 1 unspecified atom stereocenters. The zero-order chi connectivity index (χ0) is 29.0. The number of anilines is 1. The van der Waals surface area contributed by atoms with Crippen LogP contribution in [0.5, 0.6) is 0 Å². The number of ether oxygens (including phenoxy) is 1. The first-order valence-corrected chi connectivity index (χ1v) is 13.4. The van der Waals surface area contributed by atoms with E-state index in [0.717, 1.165) is 0 Å². The van der Waals surface area contributed by atoms with Gasteiger partial charge in [-0.2, -0.15) is 26.3 Å². The maximum atomic E-state index is 13.3. The van der Waals surface area contributed by atoms with Crippen LogP contribution in [-0.4, -0.2) is 45.1 Å². The van der Waals surface area contributed by atoms with Gasteiger partial charge in [0, 0.05) is 18.5 Å². The van der Waals surface area contributed by atoms with E-state index in [0.29, 0.717) is 23.2 Å². The lowest BCUT2D eigenvalue weighted by Crippen LogP contribution is -2.26. The molecule has 2 aliphatic heterocycles. The first kappa shape index (κ1) is 28.8. The summed E-state index contributed by atoms with van der Waals surface area (Å²) in [7, 11) is -4.44. The molecule has 17 heteroatoms. The molecule has 40 heavy (non-hydrogen) atoms. The van der Waals surface area contributed by atoms with Crippen LogP contribution in [0.1, 0.15) is 42.4 Å². The summed E-state index contributed by atoms with van der Waals surface area (Å²) < 4.78 is 116. The van der Waals surface area contributed by atoms with Gasteiger partial charge in [0.2, 0.25) is 0 Å². The van der Waals surface area contributed by atoms with Crippen LogP contribution in [-0.2, 0) is 35.2 Å². The van der Waals surface area contributed by atoms with Gasteiger partial charge in [-0.15, -0.1) is 0 Å². The van der Waals surface area contributed by atoms with Crippen molar-refractivity contribution in [2.24, 2.45) is 5.92 Å². The summed E-state index contributed by atoms with van der Waals surface area (Å²) in [6, 6.07) is 2.66. The number of hydrogen-bond acceptors (Lipinski definition) is 9. The Balaban J connectivity index is 1.31. The Labute approximate surface area is 222 Å². The lowest BCUT2D eigenvalue weighted by molar-refractivity contribution is -0.143. The quantitative estimate of drug-likeness (QED) is 0.300. The number of aromatic nitrogens is 3. The van der Waals surface area contributed by atoms with Crippen LogP contribution in [0.2, 0.25) is 0 Å². The van der Waals surface area contributed by atoms with Gasteiger partial charge < -0.3 is 20.1 Å². The second-order valence-electron chi connectivity index (χ2n) is 9.43. The van der Waals surface area contributed by atoms with Gasteiger partial charge in [0.25, 0.3) is 0 Å². The van der Waals surface area contributed by atoms with Crippen LogP contribution in [0, 0.1) is 5.92 Å². The van der Waals surface area contributed by atoms with Gasteiger partial charge in [-0.05, 0) is 29.8 Å². The number of aliphatic hydroxyl groups is 1. The molecule has 0 radical (unpaired) electrons. The molecule has 10 nitrogen and oxygen atoms in total. The number of fused-ring (bicyclic) bond motifs is 1. The van der Waals surface area contributed by atoms with Crippen LogP contribution in [0.3, 0.4) is 0 Å². The minimum atomic E-state index is -5.06. The monoisotopic (exact) mass is 596 g/mol. The third-order valence-electron chi connectivity index (χ3n) is 6.81. The van der Waals surface area contributed by atoms with Crippen molar-refractivity contribution < 1.29 is 54.3 Å². The molecule has 2 aromatic heterocycles. The molecule has 1 aromatic carbocycles. The van der Waals surface area contributed by atoms with E-state index in [1.807, 2.05) is 0 Å². The van der Waals surface area contributed by atoms with Crippen molar-refractivity contribution in [1.29, 1.82) is 0 Å². The molecular weight excluding hydrogens is 573 g/mol. The summed E-state index contributed by atoms with van der Waals surface area (Å²) in [6.07, 6.45) is -11.7. The van der Waals surface area contributed by atoms with Crippen molar-refractivity contribution in [3.8, 4) is 0 Å². The summed E-state index contributed by atoms with van der Waals surface area (Å²) in [4.78, 5) is 8.07. The van der Waals surface area contributed by atoms with E-state index in [4.69, 9.17) is 24.0 Å². The number of phosphoric ester groups is 1. The zero-order valence-electron chi connectivity index (χ0n) is 20.6. The third-order valence-corrected chi connectivity index (χ3v) is 8.29. The number of halogens is 6. The van der Waals surface area contributed by atoms with E-state index in [1.54, 1.807) is 23.8 Å². The van der Waals surface area contributed by atoms with Crippen molar-refractivity contribution in [3.63, 3.8) is 0 Å². The molecule has 3 N–H and O–H groups in total. The lowest BCUT2D eigenvalue weighted by Gasteiger charge is -2.30. The van der Waals surface area contributed by atoms with Crippen LogP contribution >= 0.6 is 7.82 Å². The number of nitrogen functional groups attached to an aromatic ring is 1. The maximum absolute atomic E-state index is 13.3. The molecule has 0 aliphatic carbocycles. The first-order valence-electron chi connectivity index (χ1n) is 11.9. The molecule has 0 amide bonds. The van der Waals surface area contributed by atoms with Gasteiger partial charge in [-0.25, -0.2) is 14.5 Å². The molecular formula is C23H23F6N4O6P. The molecule has 2 fully saturated rings. The van der Waals surface area contributed by atoms with Crippen LogP contribution in [0.4, 0.5) is 32.2 Å². The van der Waals surface area contributed by atoms with Crippen LogP contribution in [0.25, 0.3) is 11.0 Å². The predicted molar refractivity (Wildman–Crippen MR) is 125 cm³/mol. The van der Waals surface area contributed by atoms with Crippen LogP contribution in [0.15, 0.2) is 36.8 Å². The molecule has 2 aliphatic rings. The Hall–Kier alpha value is -2.75. The minimum absolute atomic E-state index is 0.00616. The largest absolute Gasteiger partial charge is 0.475 e. The standard InChI is InChI=1S/C23H23F6N4O6P/c1-11-17(38-21(18(11)34)33-4-2-15-19(30)31-10-32-20(15)33)9-37-40(35)36-5-3-16(39-40)12-6-13(22(24,25)26)8-14(7-12)23(27,28)29/h2,4,6-8,10-11,16-18,21,34H,3,5,9H2,1H3,(H2,30,31,32)/t11-,16+,17-,18-,21-,40?/m1/s1. The van der Waals surface area contributed by atoms with Crippen molar-refractivity contribution >= 4 is 24.7 Å². The van der Waals surface area contributed by atoms with Crippen molar-refractivity contribution in [3.05, 3.63) is 53.5 Å². The fourth-order valence-corrected chi connectivity index (χ4v) is 6.01. The molecule has 6 atom stereocenters.